The molecule has 0 saturated carbocycles. The molecule has 0 spiro atoms. The average Bonchev–Trinajstić information content (AvgIpc) is 3.59. The quantitative estimate of drug-likeness (QED) is 0.179. The Bertz CT molecular complexity index is 2760. The molecule has 220 valence electrons. The minimum atomic E-state index is -0.396. The van der Waals surface area contributed by atoms with E-state index in [1.165, 1.54) is 0 Å². The summed E-state index contributed by atoms with van der Waals surface area (Å²) in [6.45, 7) is 0. The second-order valence-corrected chi connectivity index (χ2v) is 11.6. The second-order valence-electron chi connectivity index (χ2n) is 11.6. The van der Waals surface area contributed by atoms with Gasteiger partial charge in [0.05, 0.1) is 17.9 Å². The summed E-state index contributed by atoms with van der Waals surface area (Å²) < 4.78 is 43.6. The van der Waals surface area contributed by atoms with E-state index in [1.54, 1.807) is 0 Å². The van der Waals surface area contributed by atoms with E-state index in [1.807, 2.05) is 36.4 Å². The molecule has 0 unspecified atom stereocenters. The van der Waals surface area contributed by atoms with Gasteiger partial charge < -0.3 is 0 Å². The molecule has 0 aliphatic carbocycles. The van der Waals surface area contributed by atoms with Crippen LogP contribution in [0.1, 0.15) is 6.85 Å². The van der Waals surface area contributed by atoms with Crippen molar-refractivity contribution >= 4 is 32.6 Å². The van der Waals surface area contributed by atoms with E-state index in [9.17, 15) is 0 Å². The topological polar surface area (TPSA) is 17.8 Å². The molecule has 0 bridgehead atoms. The lowest BCUT2D eigenvalue weighted by atomic mass is 9.84. The van der Waals surface area contributed by atoms with E-state index < -0.39 is 6.04 Å². The summed E-state index contributed by atoms with van der Waals surface area (Å²) in [6, 6.07) is 50.2. The monoisotopic (exact) mass is 603 g/mol. The third-order valence-corrected chi connectivity index (χ3v) is 8.91. The number of hydrogen-bond acceptors (Lipinski definition) is 1. The van der Waals surface area contributed by atoms with Gasteiger partial charge in [-0.1, -0.05) is 158 Å². The molecule has 2 heteroatoms. The molecule has 9 rings (SSSR count). The van der Waals surface area contributed by atoms with E-state index >= 15 is 0 Å². The molecule has 0 saturated heterocycles. The number of rotatable bonds is 5. The van der Waals surface area contributed by atoms with Crippen molar-refractivity contribution in [1.82, 2.24) is 9.55 Å². The number of benzene rings is 8. The summed E-state index contributed by atoms with van der Waals surface area (Å²) in [5.41, 5.74) is 9.02. The number of para-hydroxylation sites is 3. The summed E-state index contributed by atoms with van der Waals surface area (Å²) >= 11 is 0. The lowest BCUT2D eigenvalue weighted by molar-refractivity contribution is 1.10. The van der Waals surface area contributed by atoms with Crippen molar-refractivity contribution in [2.24, 2.45) is 0 Å². The molecule has 9 aromatic rings. The molecule has 0 atom stereocenters. The van der Waals surface area contributed by atoms with Crippen LogP contribution in [0.5, 0.6) is 0 Å². The molecule has 0 aliphatic heterocycles. The van der Waals surface area contributed by atoms with Crippen LogP contribution in [0.15, 0.2) is 182 Å². The third kappa shape index (κ3) is 4.54. The fourth-order valence-electron chi connectivity index (χ4n) is 6.87. The van der Waals surface area contributed by atoms with Gasteiger partial charge in [0.1, 0.15) is 5.82 Å². The average molecular weight is 604 g/mol. The number of nitrogens with zero attached hydrogens (tertiary/aromatic N) is 2. The Hall–Kier alpha value is -6.25. The van der Waals surface area contributed by atoms with Gasteiger partial charge in [0.25, 0.3) is 0 Å². The van der Waals surface area contributed by atoms with E-state index in [0.29, 0.717) is 5.56 Å². The van der Waals surface area contributed by atoms with Crippen LogP contribution in [0, 0.1) is 0 Å². The summed E-state index contributed by atoms with van der Waals surface area (Å²) in [5.74, 6) is 0.864. The fraction of sp³-hybridized carbons (Fsp3) is 0. The van der Waals surface area contributed by atoms with Gasteiger partial charge in [-0.25, -0.2) is 4.98 Å². The van der Waals surface area contributed by atoms with Crippen molar-refractivity contribution in [3.05, 3.63) is 182 Å². The SMILES string of the molecule is [2H]c1c([2H])c([2H])c(-c2ccc(-c3c4ccccc4c(-c4ccccc4-c4nc5ccccc5n4-c4ccccc4)c4ccccc34)cc2)c([2H])c1[2H]. The van der Waals surface area contributed by atoms with Crippen molar-refractivity contribution in [3.8, 4) is 50.5 Å². The zero-order valence-corrected chi connectivity index (χ0v) is 25.3. The fourth-order valence-corrected chi connectivity index (χ4v) is 6.87. The molecule has 1 aromatic heterocycles. The van der Waals surface area contributed by atoms with E-state index in [0.717, 1.165) is 71.9 Å². The normalized spacial score (nSPS) is 12.9. The van der Waals surface area contributed by atoms with Gasteiger partial charge in [0.15, 0.2) is 0 Å². The first kappa shape index (κ1) is 22.3. The molecular weight excluding hydrogens is 569 g/mol. The van der Waals surface area contributed by atoms with Crippen LogP contribution < -0.4 is 0 Å². The van der Waals surface area contributed by atoms with Gasteiger partial charge in [0.2, 0.25) is 0 Å². The highest BCUT2D eigenvalue weighted by atomic mass is 15.1. The Morgan fingerprint density at radius 2 is 0.957 bits per heavy atom. The van der Waals surface area contributed by atoms with E-state index in [-0.39, 0.29) is 29.7 Å². The molecule has 47 heavy (non-hydrogen) atoms. The molecular formula is C45H30N2. The van der Waals surface area contributed by atoms with E-state index in [4.69, 9.17) is 11.8 Å². The maximum atomic E-state index is 8.51. The summed E-state index contributed by atoms with van der Waals surface area (Å²) in [4.78, 5) is 5.23. The minimum Gasteiger partial charge on any atom is -0.292 e. The van der Waals surface area contributed by atoms with Crippen molar-refractivity contribution in [1.29, 1.82) is 0 Å². The van der Waals surface area contributed by atoms with Gasteiger partial charge in [-0.05, 0) is 79.2 Å². The number of fused-ring (bicyclic) bond motifs is 3. The molecule has 0 N–H and O–H groups in total. The summed E-state index contributed by atoms with van der Waals surface area (Å²) in [5, 5.41) is 4.36. The van der Waals surface area contributed by atoms with Gasteiger partial charge in [0, 0.05) is 11.3 Å². The van der Waals surface area contributed by atoms with Crippen molar-refractivity contribution in [3.63, 3.8) is 0 Å². The van der Waals surface area contributed by atoms with Gasteiger partial charge in [-0.2, -0.15) is 0 Å². The van der Waals surface area contributed by atoms with Crippen LogP contribution in [-0.2, 0) is 0 Å². The van der Waals surface area contributed by atoms with Gasteiger partial charge in [-0.3, -0.25) is 4.57 Å². The maximum absolute atomic E-state index is 8.51. The number of hydrogen-bond donors (Lipinski definition) is 0. The molecule has 2 nitrogen and oxygen atoms in total. The lowest BCUT2D eigenvalue weighted by Gasteiger charge is -2.20. The van der Waals surface area contributed by atoms with Crippen molar-refractivity contribution in [2.75, 3.05) is 0 Å². The Balaban J connectivity index is 1.29. The maximum Gasteiger partial charge on any atom is 0.146 e. The summed E-state index contributed by atoms with van der Waals surface area (Å²) in [6.07, 6.45) is 0. The predicted octanol–water partition coefficient (Wildman–Crippen LogP) is 12.0. The van der Waals surface area contributed by atoms with Crippen LogP contribution in [0.3, 0.4) is 0 Å². The first-order chi connectivity index (χ1) is 25.4. The lowest BCUT2D eigenvalue weighted by Crippen LogP contribution is -1.99. The largest absolute Gasteiger partial charge is 0.292 e. The Kier molecular flexibility index (Phi) is 5.35. The highest BCUT2D eigenvalue weighted by molar-refractivity contribution is 6.22. The smallest absolute Gasteiger partial charge is 0.146 e. The van der Waals surface area contributed by atoms with Crippen LogP contribution in [0.2, 0.25) is 0 Å². The summed E-state index contributed by atoms with van der Waals surface area (Å²) in [7, 11) is 0. The molecule has 8 aromatic carbocycles. The third-order valence-electron chi connectivity index (χ3n) is 8.91. The van der Waals surface area contributed by atoms with Crippen LogP contribution in [0.25, 0.3) is 83.0 Å². The van der Waals surface area contributed by atoms with E-state index in [2.05, 4.69) is 120 Å². The molecule has 0 amide bonds. The standard InChI is InChI=1S/C45H30N2/c1-3-15-31(16-4-1)32-27-29-33(30-28-32)43-35-19-7-9-21-37(35)44(38-22-10-8-20-36(38)43)39-23-11-12-24-40(39)45-46-41-25-13-14-26-42(41)47(45)34-17-5-2-6-18-34/h1-30H/i1D,3D,4D,15D,16D. The van der Waals surface area contributed by atoms with Crippen LogP contribution in [-0.4, -0.2) is 9.55 Å². The highest BCUT2D eigenvalue weighted by Crippen LogP contribution is 2.46. The number of aromatic nitrogens is 2. The van der Waals surface area contributed by atoms with Crippen molar-refractivity contribution < 1.29 is 6.85 Å². The highest BCUT2D eigenvalue weighted by Gasteiger charge is 2.22. The number of imidazole rings is 1. The first-order valence-corrected chi connectivity index (χ1v) is 15.7. The molecule has 1 heterocycles. The second kappa shape index (κ2) is 11.3. The van der Waals surface area contributed by atoms with Crippen LogP contribution >= 0.6 is 0 Å². The first-order valence-electron chi connectivity index (χ1n) is 18.2. The van der Waals surface area contributed by atoms with Crippen LogP contribution in [0.4, 0.5) is 0 Å². The Morgan fingerprint density at radius 1 is 0.426 bits per heavy atom. The Morgan fingerprint density at radius 3 is 1.64 bits per heavy atom. The van der Waals surface area contributed by atoms with Crippen molar-refractivity contribution in [2.45, 2.75) is 0 Å². The molecule has 0 radical (unpaired) electrons. The Labute approximate surface area is 280 Å². The zero-order valence-electron chi connectivity index (χ0n) is 30.3. The van der Waals surface area contributed by atoms with Gasteiger partial charge >= 0.3 is 0 Å². The minimum absolute atomic E-state index is 0.195. The zero-order chi connectivity index (χ0) is 35.5. The molecule has 0 aliphatic rings. The molecule has 0 fully saturated rings. The predicted molar refractivity (Wildman–Crippen MR) is 198 cm³/mol. The van der Waals surface area contributed by atoms with Gasteiger partial charge in [-0.15, -0.1) is 0 Å².